The van der Waals surface area contributed by atoms with Crippen molar-refractivity contribution in [3.8, 4) is 5.75 Å². The van der Waals surface area contributed by atoms with Crippen LogP contribution in [0.3, 0.4) is 0 Å². The van der Waals surface area contributed by atoms with Crippen LogP contribution in [0, 0.1) is 17.8 Å². The molecule has 2 bridgehead atoms. The molecule has 1 fully saturated rings. The number of nitrogens with one attached hydrogen (secondary N) is 1. The normalized spacial score (nSPS) is 26.4. The number of methoxy groups -OCH3 is 1. The maximum absolute atomic E-state index is 13.8. The van der Waals surface area contributed by atoms with Gasteiger partial charge in [-0.3, -0.25) is 14.6 Å². The second kappa shape index (κ2) is 16.7. The highest BCUT2D eigenvalue weighted by Gasteiger charge is 2.37. The van der Waals surface area contributed by atoms with E-state index >= 15 is 0 Å². The standard InChI is InChI=1S/C36H45ClN5O6S/c1-22-7-6-9-31(43)28-14-11-26(28)21-42-20-25-10-13-27(37)17-23(25)8-4-5-16-48-32-15-12-24(18-30(32)42)34(44)41-49(46)36(22)40-35(45)29(19-39-2)33(38)47-3/h6,9-10,12-13,15,17-19,22,26,28,31,36,43H,4-5,7-8,11,14,16,20-21,38H2,1-3H3,(H,40,45)/q-1/b9-6+,33-29?,39-19?/t22-,26-,28+,31-,36?/m0/s1. The Morgan fingerprint density at radius 3 is 2.78 bits per heavy atom. The zero-order valence-corrected chi connectivity index (χ0v) is 29.7. The second-order valence-electron chi connectivity index (χ2n) is 12.9. The molecule has 11 nitrogen and oxygen atoms in total. The molecule has 264 valence electrons. The third-order valence-corrected chi connectivity index (χ3v) is 11.2. The Balaban J connectivity index is 1.59. The first kappa shape index (κ1) is 36.4. The van der Waals surface area contributed by atoms with E-state index in [1.54, 1.807) is 31.2 Å². The van der Waals surface area contributed by atoms with Crippen LogP contribution in [0.4, 0.5) is 5.69 Å². The Labute approximate surface area is 294 Å². The molecule has 0 saturated heterocycles. The van der Waals surface area contributed by atoms with E-state index in [-0.39, 0.29) is 28.9 Å². The lowest BCUT2D eigenvalue weighted by Crippen LogP contribution is -2.43. The number of benzene rings is 2. The summed E-state index contributed by atoms with van der Waals surface area (Å²) in [6, 6.07) is 11.1. The Morgan fingerprint density at radius 1 is 1.22 bits per heavy atom. The third kappa shape index (κ3) is 8.84. The van der Waals surface area contributed by atoms with Crippen LogP contribution in [-0.4, -0.2) is 61.9 Å². The molecule has 1 saturated carbocycles. The lowest BCUT2D eigenvalue weighted by atomic mass is 9.70. The second-order valence-corrected chi connectivity index (χ2v) is 14.5. The Bertz CT molecular complexity index is 1720. The molecule has 1 unspecified atom stereocenters. The van der Waals surface area contributed by atoms with E-state index in [1.807, 2.05) is 18.2 Å². The molecule has 0 radical (unpaired) electrons. The van der Waals surface area contributed by atoms with Crippen LogP contribution in [0.25, 0.3) is 0 Å². The number of nitrogens with zero attached hydrogens (tertiary/aromatic N) is 3. The maximum atomic E-state index is 13.8. The highest BCUT2D eigenvalue weighted by molar-refractivity contribution is 7.75. The molecule has 5 atom stereocenters. The SMILES string of the molecule is CN=CC(C(=O)NC1[C@@H](C)C/C=C/[C@H](O)[C@@H]2CC[C@H]2CN2Cc3ccc(Cl)cc3CCCCOc3ccc(cc32)C(=O)N=[S-]1=O)=C(N)OC. The zero-order valence-electron chi connectivity index (χ0n) is 28.1. The first-order valence-corrected chi connectivity index (χ1v) is 18.2. The highest BCUT2D eigenvalue weighted by atomic mass is 35.5. The van der Waals surface area contributed by atoms with Gasteiger partial charge in [0, 0.05) is 36.9 Å². The van der Waals surface area contributed by atoms with E-state index in [0.29, 0.717) is 36.9 Å². The van der Waals surface area contributed by atoms with Crippen molar-refractivity contribution in [1.29, 1.82) is 0 Å². The molecule has 2 aliphatic heterocycles. The van der Waals surface area contributed by atoms with Gasteiger partial charge in [-0.05, 0) is 103 Å². The van der Waals surface area contributed by atoms with Crippen LogP contribution in [0.5, 0.6) is 5.75 Å². The van der Waals surface area contributed by atoms with Gasteiger partial charge >= 0.3 is 0 Å². The van der Waals surface area contributed by atoms with Crippen LogP contribution in [-0.2, 0) is 37.3 Å². The van der Waals surface area contributed by atoms with Gasteiger partial charge in [-0.25, -0.2) is 0 Å². The minimum atomic E-state index is -2.19. The van der Waals surface area contributed by atoms with Gasteiger partial charge in [-0.15, -0.1) is 0 Å². The monoisotopic (exact) mass is 710 g/mol. The predicted molar refractivity (Wildman–Crippen MR) is 192 cm³/mol. The van der Waals surface area contributed by atoms with E-state index in [1.165, 1.54) is 25.9 Å². The predicted octanol–water partition coefficient (Wildman–Crippen LogP) is 5.29. The summed E-state index contributed by atoms with van der Waals surface area (Å²) in [4.78, 5) is 33.1. The molecule has 13 heteroatoms. The van der Waals surface area contributed by atoms with Crippen molar-refractivity contribution in [3.63, 3.8) is 0 Å². The average Bonchev–Trinajstić information content (AvgIpc) is 3.09. The number of carbonyl (C=O) groups is 2. The number of allylic oxidation sites excluding steroid dienone is 1. The molecule has 2 heterocycles. The fourth-order valence-corrected chi connectivity index (χ4v) is 7.86. The van der Waals surface area contributed by atoms with Crippen molar-refractivity contribution in [2.45, 2.75) is 63.5 Å². The molecular formula is C36H45ClN5O6S-. The number of fused-ring (bicyclic) bond motifs is 3. The van der Waals surface area contributed by atoms with Crippen LogP contribution in [0.2, 0.25) is 5.02 Å². The number of rotatable bonds is 4. The summed E-state index contributed by atoms with van der Waals surface area (Å²) in [5, 5.41) is 13.7. The van der Waals surface area contributed by atoms with E-state index < -0.39 is 39.8 Å². The number of aliphatic hydroxyl groups excluding tert-OH is 1. The van der Waals surface area contributed by atoms with Crippen LogP contribution in [0.1, 0.15) is 60.5 Å². The topological polar surface area (TPSA) is 156 Å². The average molecular weight is 711 g/mol. The maximum Gasteiger partial charge on any atom is 0.256 e. The minimum Gasteiger partial charge on any atom is -0.491 e. The number of nitrogens with two attached hydrogens (primary N) is 1. The van der Waals surface area contributed by atoms with Crippen LogP contribution in [0.15, 0.2) is 69.4 Å². The molecule has 5 rings (SSSR count). The van der Waals surface area contributed by atoms with Gasteiger partial charge in [-0.1, -0.05) is 36.7 Å². The summed E-state index contributed by atoms with van der Waals surface area (Å²) >= 11 is 6.42. The number of aliphatic imine (C=N–C) groups is 1. The van der Waals surface area contributed by atoms with Gasteiger partial charge in [0.05, 0.1) is 25.5 Å². The van der Waals surface area contributed by atoms with Crippen molar-refractivity contribution in [3.05, 3.63) is 81.7 Å². The Kier molecular flexibility index (Phi) is 12.4. The molecule has 2 aromatic carbocycles. The molecule has 0 aromatic heterocycles. The number of ether oxygens (including phenoxy) is 2. The van der Waals surface area contributed by atoms with Gasteiger partial charge in [0.15, 0.2) is 5.88 Å². The number of halogens is 1. The molecule has 2 aromatic rings. The van der Waals surface area contributed by atoms with E-state index in [0.717, 1.165) is 43.4 Å². The smallest absolute Gasteiger partial charge is 0.256 e. The largest absolute Gasteiger partial charge is 0.491 e. The van der Waals surface area contributed by atoms with Crippen LogP contribution >= 0.6 is 11.6 Å². The Morgan fingerprint density at radius 2 is 2.04 bits per heavy atom. The summed E-state index contributed by atoms with van der Waals surface area (Å²) in [5.41, 5.74) is 9.11. The quantitative estimate of drug-likeness (QED) is 0.127. The number of amides is 2. The molecule has 1 aliphatic carbocycles. The molecule has 2 amide bonds. The number of anilines is 1. The first-order chi connectivity index (χ1) is 23.6. The number of hydrogen-bond acceptors (Lipinski definition) is 10. The fraction of sp³-hybridized carbons (Fsp3) is 0.472. The van der Waals surface area contributed by atoms with Gasteiger partial charge < -0.3 is 39.1 Å². The van der Waals surface area contributed by atoms with Gasteiger partial charge in [0.25, 0.3) is 11.8 Å². The van der Waals surface area contributed by atoms with E-state index in [9.17, 15) is 18.9 Å². The number of aryl methyl sites for hydroxylation is 1. The molecule has 0 spiro atoms. The minimum absolute atomic E-state index is 0.0363. The molecule has 49 heavy (non-hydrogen) atoms. The summed E-state index contributed by atoms with van der Waals surface area (Å²) in [6.45, 7) is 3.48. The Hall–Kier alpha value is -3.87. The lowest BCUT2D eigenvalue weighted by molar-refractivity contribution is -0.117. The van der Waals surface area contributed by atoms with Crippen LogP contribution < -0.4 is 20.7 Å². The molecule has 4 N–H and O–H groups in total. The number of hydrogen-bond donors (Lipinski definition) is 3. The lowest BCUT2D eigenvalue weighted by Gasteiger charge is -2.43. The zero-order chi connectivity index (χ0) is 35.1. The fourth-order valence-electron chi connectivity index (χ4n) is 6.57. The highest BCUT2D eigenvalue weighted by Crippen LogP contribution is 2.41. The summed E-state index contributed by atoms with van der Waals surface area (Å²) in [5.74, 6) is -1.10. The summed E-state index contributed by atoms with van der Waals surface area (Å²) in [7, 11) is 0.610. The van der Waals surface area contributed by atoms with Crippen molar-refractivity contribution in [1.82, 2.24) is 5.32 Å². The third-order valence-electron chi connectivity index (χ3n) is 9.55. The van der Waals surface area contributed by atoms with Gasteiger partial charge in [0.2, 0.25) is 0 Å². The van der Waals surface area contributed by atoms with Crippen molar-refractivity contribution < 1.29 is 28.4 Å². The van der Waals surface area contributed by atoms with E-state index in [2.05, 4.69) is 25.6 Å². The first-order valence-electron chi connectivity index (χ1n) is 16.7. The number of aliphatic hydroxyl groups is 1. The van der Waals surface area contributed by atoms with E-state index in [4.69, 9.17) is 26.8 Å². The summed E-state index contributed by atoms with van der Waals surface area (Å²) in [6.07, 6.45) is 9.01. The van der Waals surface area contributed by atoms with Crippen molar-refractivity contribution >= 4 is 45.9 Å². The van der Waals surface area contributed by atoms with Gasteiger partial charge in [0.1, 0.15) is 11.3 Å². The molecule has 3 aliphatic rings. The van der Waals surface area contributed by atoms with Crippen molar-refractivity contribution in [2.24, 2.45) is 32.8 Å². The van der Waals surface area contributed by atoms with Crippen molar-refractivity contribution in [2.75, 3.05) is 32.2 Å². The van der Waals surface area contributed by atoms with Gasteiger partial charge in [-0.2, -0.15) is 10.6 Å². The molecular weight excluding hydrogens is 666 g/mol. The summed E-state index contributed by atoms with van der Waals surface area (Å²) < 4.78 is 29.2. The number of carbonyl (C=O) groups excluding carboxylic acids is 2.